The smallest absolute Gasteiger partial charge is 0.338 e. The lowest BCUT2D eigenvalue weighted by molar-refractivity contribution is -0.181. The maximum atomic E-state index is 13.2. The molecular weight excluding hydrogens is 558 g/mol. The van der Waals surface area contributed by atoms with Gasteiger partial charge in [-0.05, 0) is 24.3 Å². The molecule has 0 radical (unpaired) electrons. The van der Waals surface area contributed by atoms with E-state index < -0.39 is 54.5 Å². The molecule has 0 bridgehead atoms. The zero-order chi connectivity index (χ0) is 30.4. The number of hydrogen-bond acceptors (Lipinski definition) is 13. The van der Waals surface area contributed by atoms with Crippen LogP contribution in [0.1, 0.15) is 33.4 Å². The summed E-state index contributed by atoms with van der Waals surface area (Å²) >= 11 is 0. The third-order valence-electron chi connectivity index (χ3n) is 6.36. The number of imidazole rings is 1. The van der Waals surface area contributed by atoms with Gasteiger partial charge in [-0.2, -0.15) is 4.98 Å². The number of aliphatic hydroxyl groups is 2. The molecule has 1 fully saturated rings. The van der Waals surface area contributed by atoms with Crippen LogP contribution in [0.4, 0.5) is 5.95 Å². The van der Waals surface area contributed by atoms with Gasteiger partial charge in [0, 0.05) is 18.5 Å². The monoisotopic (exact) mass is 589 g/mol. The lowest BCUT2D eigenvalue weighted by atomic mass is 10.1. The lowest BCUT2D eigenvalue weighted by Crippen LogP contribution is -2.34. The van der Waals surface area contributed by atoms with Crippen LogP contribution in [0.5, 0.6) is 0 Å². The molecule has 226 valence electrons. The summed E-state index contributed by atoms with van der Waals surface area (Å²) in [6, 6.07) is 5.66. The van der Waals surface area contributed by atoms with Crippen molar-refractivity contribution in [1.29, 1.82) is 0 Å². The molecule has 3 aromatic rings. The first-order valence-electron chi connectivity index (χ1n) is 12.8. The summed E-state index contributed by atoms with van der Waals surface area (Å²) in [7, 11) is 0. The van der Waals surface area contributed by atoms with E-state index >= 15 is 0 Å². The number of carbonyl (C=O) groups is 2. The van der Waals surface area contributed by atoms with Crippen molar-refractivity contribution in [2.24, 2.45) is 5.84 Å². The number of aromatic nitrogens is 4. The predicted molar refractivity (Wildman–Crippen MR) is 145 cm³/mol. The van der Waals surface area contributed by atoms with E-state index in [1.165, 1.54) is 34.9 Å². The molecule has 2 aromatic heterocycles. The van der Waals surface area contributed by atoms with Gasteiger partial charge in [-0.25, -0.2) is 20.0 Å². The van der Waals surface area contributed by atoms with Gasteiger partial charge in [0.05, 0.1) is 31.5 Å². The summed E-state index contributed by atoms with van der Waals surface area (Å²) in [4.78, 5) is 55.8. The fraction of sp³-hybridized carbons (Fsp3) is 0.400. The first-order chi connectivity index (χ1) is 20.2. The van der Waals surface area contributed by atoms with E-state index in [9.17, 15) is 29.4 Å². The number of aliphatic hydroxyl groups excluding tert-OH is 2. The molecule has 1 aromatic carbocycles. The molecule has 4 rings (SSSR count). The van der Waals surface area contributed by atoms with Crippen molar-refractivity contribution in [3.8, 4) is 0 Å². The van der Waals surface area contributed by atoms with Crippen LogP contribution in [-0.4, -0.2) is 86.1 Å². The number of nitrogens with zero attached hydrogens (tertiary/aromatic N) is 3. The number of allylic oxidation sites excluding steroid dienone is 1. The summed E-state index contributed by atoms with van der Waals surface area (Å²) in [6.07, 6.45) is -2.75. The Kier molecular flexibility index (Phi) is 9.84. The van der Waals surface area contributed by atoms with Crippen LogP contribution >= 0.6 is 0 Å². The highest BCUT2D eigenvalue weighted by Gasteiger charge is 2.40. The number of nitrogens with two attached hydrogens (primary N) is 2. The summed E-state index contributed by atoms with van der Waals surface area (Å²) in [5.74, 6) is 3.73. The average molecular weight is 590 g/mol. The van der Waals surface area contributed by atoms with Crippen molar-refractivity contribution in [3.63, 3.8) is 0 Å². The predicted octanol–water partition coefficient (Wildman–Crippen LogP) is -1.88. The Morgan fingerprint density at radius 3 is 2.64 bits per heavy atom. The number of H-pyrrole nitrogens is 1. The molecule has 1 amide bonds. The van der Waals surface area contributed by atoms with Gasteiger partial charge in [0.25, 0.3) is 11.5 Å². The number of esters is 1. The van der Waals surface area contributed by atoms with Gasteiger partial charge in [0.15, 0.2) is 17.5 Å². The molecule has 4 unspecified atom stereocenters. The highest BCUT2D eigenvalue weighted by Crippen LogP contribution is 2.32. The fourth-order valence-corrected chi connectivity index (χ4v) is 4.47. The van der Waals surface area contributed by atoms with Gasteiger partial charge in [-0.15, -0.1) is 6.58 Å². The highest BCUT2D eigenvalue weighted by molar-refractivity contribution is 5.95. The standard InChI is InChI=1S/C25H31N7O10/c1-2-7-31-19-20(28-24(26)29-22(19)36)32(25(31)38)17-10-15(16(11-33)41-17)42-18(34)12-39-8-9-40-23(37)14-5-3-13(4-6-14)21(35)30-27/h2-6,15-18,33-34H,1,7-12,27H2,(H,30,35)(H3,26,28,29,36). The number of nitrogen functional groups attached to an aromatic ring is 2. The van der Waals surface area contributed by atoms with Crippen molar-refractivity contribution in [3.05, 3.63) is 68.9 Å². The third-order valence-corrected chi connectivity index (χ3v) is 6.36. The van der Waals surface area contributed by atoms with Crippen LogP contribution in [0.25, 0.3) is 11.2 Å². The summed E-state index contributed by atoms with van der Waals surface area (Å²) in [5.41, 5.74) is 6.92. The van der Waals surface area contributed by atoms with Crippen molar-refractivity contribution in [2.45, 2.75) is 37.7 Å². The SMILES string of the molecule is C=CCn1c(=O)n(C2CC(OC(O)COCCOC(=O)c3ccc(C(=O)NN)cc3)C(CO)O2)c2nc(N)[nH]c(=O)c21. The normalized spacial score (nSPS) is 19.1. The van der Waals surface area contributed by atoms with Crippen molar-refractivity contribution in [2.75, 3.05) is 32.2 Å². The minimum absolute atomic E-state index is 0.0131. The fourth-order valence-electron chi connectivity index (χ4n) is 4.47. The molecule has 0 aliphatic carbocycles. The second-order valence-corrected chi connectivity index (χ2v) is 9.11. The molecule has 0 spiro atoms. The maximum absolute atomic E-state index is 13.2. The number of nitrogens with one attached hydrogen (secondary N) is 2. The minimum Gasteiger partial charge on any atom is -0.460 e. The van der Waals surface area contributed by atoms with E-state index in [4.69, 9.17) is 30.5 Å². The van der Waals surface area contributed by atoms with Crippen LogP contribution in [-0.2, 0) is 25.5 Å². The molecule has 42 heavy (non-hydrogen) atoms. The van der Waals surface area contributed by atoms with E-state index in [0.29, 0.717) is 0 Å². The number of hydrogen-bond donors (Lipinski definition) is 6. The molecule has 4 atom stereocenters. The summed E-state index contributed by atoms with van der Waals surface area (Å²) in [5, 5.41) is 20.2. The second kappa shape index (κ2) is 13.5. The van der Waals surface area contributed by atoms with Gasteiger partial charge in [0.1, 0.15) is 18.9 Å². The van der Waals surface area contributed by atoms with Gasteiger partial charge in [-0.3, -0.25) is 24.6 Å². The number of aromatic amines is 1. The molecule has 17 heteroatoms. The molecular formula is C25H31N7O10. The maximum Gasteiger partial charge on any atom is 0.338 e. The van der Waals surface area contributed by atoms with Crippen LogP contribution in [0, 0.1) is 0 Å². The van der Waals surface area contributed by atoms with Crippen molar-refractivity contribution in [1.82, 2.24) is 24.5 Å². The molecule has 0 saturated carbocycles. The van der Waals surface area contributed by atoms with Crippen LogP contribution in [0.2, 0.25) is 0 Å². The van der Waals surface area contributed by atoms with E-state index in [0.717, 1.165) is 4.57 Å². The van der Waals surface area contributed by atoms with E-state index in [-0.39, 0.29) is 61.0 Å². The molecule has 1 aliphatic heterocycles. The van der Waals surface area contributed by atoms with E-state index in [1.807, 2.05) is 5.43 Å². The van der Waals surface area contributed by atoms with Crippen molar-refractivity contribution < 1.29 is 38.7 Å². The Morgan fingerprint density at radius 1 is 1.26 bits per heavy atom. The first-order valence-corrected chi connectivity index (χ1v) is 12.8. The Bertz CT molecular complexity index is 1550. The number of ether oxygens (including phenoxy) is 4. The topological polar surface area (TPSA) is 248 Å². The Morgan fingerprint density at radius 2 is 1.98 bits per heavy atom. The quantitative estimate of drug-likeness (QED) is 0.0243. The summed E-state index contributed by atoms with van der Waals surface area (Å²) in [6.45, 7) is 2.66. The third kappa shape index (κ3) is 6.56. The Labute approximate surface area is 237 Å². The number of anilines is 1. The van der Waals surface area contributed by atoms with Crippen LogP contribution in [0.15, 0.2) is 46.5 Å². The van der Waals surface area contributed by atoms with Crippen LogP contribution in [0.3, 0.4) is 0 Å². The van der Waals surface area contributed by atoms with Crippen molar-refractivity contribution >= 4 is 29.0 Å². The van der Waals surface area contributed by atoms with Gasteiger partial charge in [-0.1, -0.05) is 6.08 Å². The molecule has 1 saturated heterocycles. The van der Waals surface area contributed by atoms with Gasteiger partial charge < -0.3 is 34.9 Å². The number of benzene rings is 1. The van der Waals surface area contributed by atoms with Gasteiger partial charge in [0.2, 0.25) is 5.95 Å². The number of carbonyl (C=O) groups excluding carboxylic acids is 2. The molecule has 1 aliphatic rings. The van der Waals surface area contributed by atoms with E-state index in [1.54, 1.807) is 0 Å². The van der Waals surface area contributed by atoms with Crippen LogP contribution < -0.4 is 28.3 Å². The zero-order valence-electron chi connectivity index (χ0n) is 22.3. The second-order valence-electron chi connectivity index (χ2n) is 9.11. The Balaban J connectivity index is 1.31. The molecule has 17 nitrogen and oxygen atoms in total. The highest BCUT2D eigenvalue weighted by atomic mass is 16.7. The first kappa shape index (κ1) is 30.6. The number of rotatable bonds is 13. The largest absolute Gasteiger partial charge is 0.460 e. The number of fused-ring (bicyclic) bond motifs is 1. The molecule has 3 heterocycles. The number of hydrazine groups is 1. The number of amides is 1. The summed E-state index contributed by atoms with van der Waals surface area (Å²) < 4.78 is 24.2. The lowest BCUT2D eigenvalue weighted by Gasteiger charge is -2.20. The average Bonchev–Trinajstić information content (AvgIpc) is 3.49. The van der Waals surface area contributed by atoms with E-state index in [2.05, 4.69) is 16.5 Å². The minimum atomic E-state index is -1.45. The molecule has 8 N–H and O–H groups in total. The zero-order valence-corrected chi connectivity index (χ0v) is 22.3. The van der Waals surface area contributed by atoms with Gasteiger partial charge >= 0.3 is 11.7 Å². The Hall–Kier alpha value is -4.39.